The second kappa shape index (κ2) is 9.39. The van der Waals surface area contributed by atoms with Gasteiger partial charge in [-0.1, -0.05) is 29.7 Å². The number of amides is 2. The summed E-state index contributed by atoms with van der Waals surface area (Å²) in [7, 11) is 0. The fourth-order valence-electron chi connectivity index (χ4n) is 1.87. The van der Waals surface area contributed by atoms with Gasteiger partial charge in [0.2, 0.25) is 5.76 Å². The minimum atomic E-state index is -3.24. The van der Waals surface area contributed by atoms with Gasteiger partial charge in [0.05, 0.1) is 6.54 Å². The Morgan fingerprint density at radius 1 is 1.35 bits per heavy atom. The molecule has 11 heteroatoms. The molecular formula is C15H15ClF2N4O3S. The fourth-order valence-corrected chi connectivity index (χ4v) is 2.86. The lowest BCUT2D eigenvalue weighted by atomic mass is 10.3. The van der Waals surface area contributed by atoms with E-state index in [-0.39, 0.29) is 5.76 Å². The lowest BCUT2D eigenvalue weighted by Crippen LogP contribution is -2.44. The van der Waals surface area contributed by atoms with E-state index < -0.39 is 18.2 Å². The number of benzene rings is 1. The third-order valence-corrected chi connectivity index (χ3v) is 4.11. The van der Waals surface area contributed by atoms with Crippen LogP contribution in [-0.4, -0.2) is 29.1 Å². The summed E-state index contributed by atoms with van der Waals surface area (Å²) < 4.78 is 31.0. The van der Waals surface area contributed by atoms with Crippen LogP contribution in [0.3, 0.4) is 0 Å². The molecule has 1 aromatic carbocycles. The van der Waals surface area contributed by atoms with E-state index in [1.165, 1.54) is 18.0 Å². The first-order chi connectivity index (χ1) is 12.4. The molecule has 0 radical (unpaired) electrons. The molecular weight excluding hydrogens is 390 g/mol. The fraction of sp³-hybridized carbons (Fsp3) is 0.267. The molecule has 1 aromatic heterocycles. The van der Waals surface area contributed by atoms with Gasteiger partial charge in [0.1, 0.15) is 5.69 Å². The van der Waals surface area contributed by atoms with Crippen molar-refractivity contribution < 1.29 is 22.9 Å². The predicted molar refractivity (Wildman–Crippen MR) is 93.9 cm³/mol. The van der Waals surface area contributed by atoms with Gasteiger partial charge >= 0.3 is 18.2 Å². The van der Waals surface area contributed by atoms with Crippen molar-refractivity contribution in [1.29, 1.82) is 0 Å². The van der Waals surface area contributed by atoms with Crippen molar-refractivity contribution in [2.24, 2.45) is 0 Å². The third kappa shape index (κ3) is 5.60. The van der Waals surface area contributed by atoms with Crippen molar-refractivity contribution in [2.45, 2.75) is 19.9 Å². The lowest BCUT2D eigenvalue weighted by molar-refractivity contribution is -0.132. The third-order valence-electron chi connectivity index (χ3n) is 2.97. The average molecular weight is 405 g/mol. The molecule has 0 aliphatic heterocycles. The van der Waals surface area contributed by atoms with Gasteiger partial charge in [-0.15, -0.1) is 0 Å². The maximum absolute atomic E-state index is 12.1. The van der Waals surface area contributed by atoms with Crippen molar-refractivity contribution >= 4 is 41.1 Å². The first-order valence-electron chi connectivity index (χ1n) is 7.40. The van der Waals surface area contributed by atoms with Crippen LogP contribution in [0.25, 0.3) is 0 Å². The molecule has 0 aliphatic carbocycles. The molecule has 0 aliphatic rings. The zero-order valence-electron chi connectivity index (χ0n) is 13.5. The minimum Gasteiger partial charge on any atom is -0.351 e. The highest BCUT2D eigenvalue weighted by atomic mass is 35.5. The Bertz CT molecular complexity index is 775. The monoisotopic (exact) mass is 404 g/mol. The number of hydrazine groups is 1. The molecule has 2 rings (SSSR count). The molecule has 7 nitrogen and oxygen atoms in total. The number of nitrogens with zero attached hydrogens (tertiary/aromatic N) is 2. The van der Waals surface area contributed by atoms with E-state index in [9.17, 15) is 18.4 Å². The smallest absolute Gasteiger partial charge is 0.317 e. The molecule has 0 saturated carbocycles. The quantitative estimate of drug-likeness (QED) is 0.545. The summed E-state index contributed by atoms with van der Waals surface area (Å²) in [6.07, 6.45) is -3.24. The highest BCUT2D eigenvalue weighted by molar-refractivity contribution is 8.00. The maximum Gasteiger partial charge on any atom is 0.317 e. The Balaban J connectivity index is 2.03. The van der Waals surface area contributed by atoms with E-state index >= 15 is 0 Å². The van der Waals surface area contributed by atoms with Gasteiger partial charge in [-0.25, -0.2) is 0 Å². The normalized spacial score (nSPS) is 10.7. The summed E-state index contributed by atoms with van der Waals surface area (Å²) in [5, 5.41) is 4.37. The second-order valence-electron chi connectivity index (χ2n) is 4.86. The number of halogens is 3. The second-order valence-corrected chi connectivity index (χ2v) is 6.57. The van der Waals surface area contributed by atoms with Crippen molar-refractivity contribution in [1.82, 2.24) is 16.0 Å². The van der Waals surface area contributed by atoms with E-state index in [0.29, 0.717) is 17.3 Å². The number of rotatable bonds is 7. The van der Waals surface area contributed by atoms with Gasteiger partial charge in [0, 0.05) is 22.5 Å². The van der Waals surface area contributed by atoms with E-state index in [4.69, 9.17) is 16.1 Å². The first-order valence-corrected chi connectivity index (χ1v) is 8.72. The molecule has 0 saturated heterocycles. The van der Waals surface area contributed by atoms with Crippen LogP contribution in [0.4, 0.5) is 14.5 Å². The van der Waals surface area contributed by atoms with Crippen LogP contribution in [-0.2, 0) is 11.3 Å². The Hall–Kier alpha value is -2.33. The van der Waals surface area contributed by atoms with Gasteiger partial charge in [-0.2, -0.15) is 8.78 Å². The van der Waals surface area contributed by atoms with E-state index in [2.05, 4.69) is 5.16 Å². The molecule has 2 aromatic rings. The van der Waals surface area contributed by atoms with Gasteiger partial charge < -0.3 is 8.83 Å². The van der Waals surface area contributed by atoms with Crippen molar-refractivity contribution in [3.05, 3.63) is 46.8 Å². The summed E-state index contributed by atoms with van der Waals surface area (Å²) in [6, 6.07) is 8.60. The van der Waals surface area contributed by atoms with Crippen molar-refractivity contribution in [2.75, 3.05) is 10.1 Å². The zero-order chi connectivity index (χ0) is 19.1. The molecule has 0 bridgehead atoms. The molecule has 140 valence electrons. The molecule has 2 amide bonds. The molecule has 26 heavy (non-hydrogen) atoms. The van der Waals surface area contributed by atoms with Crippen LogP contribution < -0.4 is 15.2 Å². The highest BCUT2D eigenvalue weighted by Gasteiger charge is 2.19. The lowest BCUT2D eigenvalue weighted by Gasteiger charge is -2.21. The number of carbonyl (C=O) groups excluding carboxylic acids is 2. The van der Waals surface area contributed by atoms with Crippen LogP contribution in [0, 0.1) is 0 Å². The number of aromatic nitrogens is 1. The van der Waals surface area contributed by atoms with Crippen molar-refractivity contribution in [3.8, 4) is 0 Å². The Labute approximate surface area is 157 Å². The van der Waals surface area contributed by atoms with Crippen molar-refractivity contribution in [3.63, 3.8) is 0 Å². The van der Waals surface area contributed by atoms with Crippen LogP contribution in [0.1, 0.15) is 23.2 Å². The molecule has 2 N–H and O–H groups in total. The number of carbonyl (C=O) groups is 2. The molecule has 0 atom stereocenters. The Kier molecular flexibility index (Phi) is 7.22. The van der Waals surface area contributed by atoms with Crippen LogP contribution >= 0.6 is 23.5 Å². The zero-order valence-corrected chi connectivity index (χ0v) is 15.1. The summed E-state index contributed by atoms with van der Waals surface area (Å²) in [6.45, 7) is 2.30. The number of nitrogens with one attached hydrogen (secondary N) is 2. The van der Waals surface area contributed by atoms with Gasteiger partial charge in [0.25, 0.3) is 0 Å². The summed E-state index contributed by atoms with van der Waals surface area (Å²) >= 11 is 7.53. The summed E-state index contributed by atoms with van der Waals surface area (Å²) in [4.78, 5) is 22.5. The van der Waals surface area contributed by atoms with Crippen LogP contribution in [0.15, 0.2) is 34.9 Å². The maximum atomic E-state index is 12.1. The molecule has 0 unspecified atom stereocenters. The topological polar surface area (TPSA) is 87.5 Å². The number of hydrogen-bond acceptors (Lipinski definition) is 6. The van der Waals surface area contributed by atoms with E-state index in [1.807, 2.05) is 28.8 Å². The van der Waals surface area contributed by atoms with E-state index in [1.54, 1.807) is 17.6 Å². The van der Waals surface area contributed by atoms with E-state index in [0.717, 1.165) is 11.4 Å². The Morgan fingerprint density at radius 2 is 2.12 bits per heavy atom. The first kappa shape index (κ1) is 20.0. The molecule has 0 spiro atoms. The Morgan fingerprint density at radius 3 is 2.77 bits per heavy atom. The highest BCUT2D eigenvalue weighted by Crippen LogP contribution is 2.27. The number of anilines is 1. The molecule has 0 fully saturated rings. The number of hydrogen-bond donors (Lipinski definition) is 2. The average Bonchev–Trinajstić information content (AvgIpc) is 3.07. The molecule has 1 heterocycles. The van der Waals surface area contributed by atoms with Crippen LogP contribution in [0.2, 0.25) is 5.02 Å². The minimum absolute atomic E-state index is 0.220. The van der Waals surface area contributed by atoms with Gasteiger partial charge in [0.15, 0.2) is 0 Å². The standard InChI is InChI=1S/C15H15ClF2N4O3S/c1-2-26-22(11-5-3-4-9(16)6-11)8-10-7-12(25-21-10)14(23)19-20-15(24)13(17)18/h3-7,13H,2,8H2,1H3,(H,19,23)(H,20,24). The SMILES string of the molecule is CCSN(Cc1cc(C(=O)NNC(=O)C(F)F)on1)c1cccc(Cl)c1. The van der Waals surface area contributed by atoms with Crippen LogP contribution in [0.5, 0.6) is 0 Å². The predicted octanol–water partition coefficient (Wildman–Crippen LogP) is 3.03. The number of alkyl halides is 2. The summed E-state index contributed by atoms with van der Waals surface area (Å²) in [5.41, 5.74) is 4.69. The van der Waals surface area contributed by atoms with Gasteiger partial charge in [-0.05, 0) is 30.1 Å². The summed E-state index contributed by atoms with van der Waals surface area (Å²) in [5.74, 6) is -1.95. The van der Waals surface area contributed by atoms with Gasteiger partial charge in [-0.3, -0.25) is 20.4 Å². The largest absolute Gasteiger partial charge is 0.351 e.